The molecule has 0 radical (unpaired) electrons. The highest BCUT2D eigenvalue weighted by molar-refractivity contribution is 5.33. The Balaban J connectivity index is 2.24. The van der Waals surface area contributed by atoms with Gasteiger partial charge in [-0.15, -0.1) is 0 Å². The van der Waals surface area contributed by atoms with Gasteiger partial charge in [0.15, 0.2) is 0 Å². The standard InChI is InChI=1S/C19H33NO/c1-4-17(11-7-5-6-10-16-20-2)14-15-18-12-8-9-13-19(18)21-3/h8-9,12-13,17,20H,4-7,10-11,14-16H2,1-3H3. The summed E-state index contributed by atoms with van der Waals surface area (Å²) in [6, 6.07) is 8.42. The fourth-order valence-corrected chi connectivity index (χ4v) is 2.91. The van der Waals surface area contributed by atoms with Gasteiger partial charge in [0.2, 0.25) is 0 Å². The van der Waals surface area contributed by atoms with E-state index in [9.17, 15) is 0 Å². The molecule has 0 spiro atoms. The second-order valence-electron chi connectivity index (χ2n) is 5.93. The number of ether oxygens (including phenoxy) is 1. The molecule has 0 amide bonds. The Morgan fingerprint density at radius 3 is 2.52 bits per heavy atom. The van der Waals surface area contributed by atoms with Crippen LogP contribution in [0.25, 0.3) is 0 Å². The summed E-state index contributed by atoms with van der Waals surface area (Å²) in [5.41, 5.74) is 1.35. The van der Waals surface area contributed by atoms with Crippen LogP contribution in [-0.2, 0) is 6.42 Å². The molecule has 0 saturated carbocycles. The molecule has 1 aromatic rings. The monoisotopic (exact) mass is 291 g/mol. The third kappa shape index (κ3) is 7.52. The summed E-state index contributed by atoms with van der Waals surface area (Å²) in [6.45, 7) is 3.49. The first kappa shape index (κ1) is 18.0. The number of rotatable bonds is 12. The number of hydrogen-bond acceptors (Lipinski definition) is 2. The van der Waals surface area contributed by atoms with Crippen LogP contribution in [-0.4, -0.2) is 20.7 Å². The summed E-state index contributed by atoms with van der Waals surface area (Å²) in [5, 5.41) is 3.22. The first-order valence-electron chi connectivity index (χ1n) is 8.58. The van der Waals surface area contributed by atoms with Gasteiger partial charge < -0.3 is 10.1 Å². The van der Waals surface area contributed by atoms with Crippen LogP contribution < -0.4 is 10.1 Å². The Morgan fingerprint density at radius 1 is 1.05 bits per heavy atom. The van der Waals surface area contributed by atoms with E-state index in [-0.39, 0.29) is 0 Å². The fraction of sp³-hybridized carbons (Fsp3) is 0.684. The molecule has 2 nitrogen and oxygen atoms in total. The molecule has 21 heavy (non-hydrogen) atoms. The van der Waals surface area contributed by atoms with Crippen molar-refractivity contribution in [3.05, 3.63) is 29.8 Å². The molecule has 120 valence electrons. The van der Waals surface area contributed by atoms with Crippen molar-refractivity contribution in [1.29, 1.82) is 0 Å². The lowest BCUT2D eigenvalue weighted by Crippen LogP contribution is -2.07. The predicted octanol–water partition coefficient (Wildman–Crippen LogP) is 4.82. The highest BCUT2D eigenvalue weighted by Gasteiger charge is 2.08. The molecule has 0 bridgehead atoms. The van der Waals surface area contributed by atoms with Crippen molar-refractivity contribution < 1.29 is 4.74 Å². The molecule has 1 unspecified atom stereocenters. The van der Waals surface area contributed by atoms with Gasteiger partial charge in [-0.3, -0.25) is 0 Å². The first-order valence-corrected chi connectivity index (χ1v) is 8.58. The van der Waals surface area contributed by atoms with Gasteiger partial charge >= 0.3 is 0 Å². The Labute approximate surface area is 131 Å². The zero-order chi connectivity index (χ0) is 15.3. The number of benzene rings is 1. The van der Waals surface area contributed by atoms with E-state index < -0.39 is 0 Å². The normalized spacial score (nSPS) is 12.3. The van der Waals surface area contributed by atoms with Crippen molar-refractivity contribution in [2.75, 3.05) is 20.7 Å². The summed E-state index contributed by atoms with van der Waals surface area (Å²) in [5.74, 6) is 1.90. The zero-order valence-corrected chi connectivity index (χ0v) is 14.2. The van der Waals surface area contributed by atoms with Crippen molar-refractivity contribution in [2.24, 2.45) is 5.92 Å². The number of para-hydroxylation sites is 1. The van der Waals surface area contributed by atoms with Crippen molar-refractivity contribution >= 4 is 0 Å². The average Bonchev–Trinajstić information content (AvgIpc) is 2.53. The third-order valence-electron chi connectivity index (χ3n) is 4.38. The van der Waals surface area contributed by atoms with E-state index in [1.165, 1.54) is 50.5 Å². The number of unbranched alkanes of at least 4 members (excludes halogenated alkanes) is 3. The van der Waals surface area contributed by atoms with Crippen LogP contribution in [0.1, 0.15) is 57.4 Å². The lowest BCUT2D eigenvalue weighted by molar-refractivity contribution is 0.394. The highest BCUT2D eigenvalue weighted by Crippen LogP contribution is 2.24. The van der Waals surface area contributed by atoms with Crippen LogP contribution >= 0.6 is 0 Å². The molecule has 1 aromatic carbocycles. The largest absolute Gasteiger partial charge is 0.496 e. The van der Waals surface area contributed by atoms with Gasteiger partial charge in [-0.2, -0.15) is 0 Å². The second kappa shape index (κ2) is 11.6. The van der Waals surface area contributed by atoms with E-state index in [2.05, 4.69) is 30.4 Å². The maximum absolute atomic E-state index is 5.44. The SMILES string of the molecule is CCC(CCCCCCNC)CCc1ccccc1OC. The summed E-state index contributed by atoms with van der Waals surface area (Å²) in [7, 11) is 3.80. The molecule has 0 aromatic heterocycles. The highest BCUT2D eigenvalue weighted by atomic mass is 16.5. The molecule has 0 saturated heterocycles. The van der Waals surface area contributed by atoms with Gasteiger partial charge in [0.1, 0.15) is 5.75 Å². The van der Waals surface area contributed by atoms with Gasteiger partial charge in [0.05, 0.1) is 7.11 Å². The maximum atomic E-state index is 5.44. The lowest BCUT2D eigenvalue weighted by Gasteiger charge is -2.16. The molecule has 0 heterocycles. The fourth-order valence-electron chi connectivity index (χ4n) is 2.91. The van der Waals surface area contributed by atoms with Crippen molar-refractivity contribution in [3.8, 4) is 5.75 Å². The van der Waals surface area contributed by atoms with Gasteiger partial charge in [0, 0.05) is 0 Å². The van der Waals surface area contributed by atoms with E-state index in [0.717, 1.165) is 24.6 Å². The minimum atomic E-state index is 0.860. The van der Waals surface area contributed by atoms with Crippen LogP contribution in [0.15, 0.2) is 24.3 Å². The summed E-state index contributed by atoms with van der Waals surface area (Å²) in [4.78, 5) is 0. The van der Waals surface area contributed by atoms with Crippen molar-refractivity contribution in [1.82, 2.24) is 5.32 Å². The summed E-state index contributed by atoms with van der Waals surface area (Å²) < 4.78 is 5.44. The van der Waals surface area contributed by atoms with Crippen LogP contribution in [0, 0.1) is 5.92 Å². The molecule has 2 heteroatoms. The van der Waals surface area contributed by atoms with Crippen molar-refractivity contribution in [2.45, 2.75) is 58.3 Å². The molecular weight excluding hydrogens is 258 g/mol. The van der Waals surface area contributed by atoms with Crippen LogP contribution in [0.5, 0.6) is 5.75 Å². The van der Waals surface area contributed by atoms with Crippen LogP contribution in [0.2, 0.25) is 0 Å². The summed E-state index contributed by atoms with van der Waals surface area (Å²) in [6.07, 6.45) is 10.5. The third-order valence-corrected chi connectivity index (χ3v) is 4.38. The minimum Gasteiger partial charge on any atom is -0.496 e. The van der Waals surface area contributed by atoms with E-state index in [4.69, 9.17) is 4.74 Å². The molecule has 1 N–H and O–H groups in total. The number of nitrogens with one attached hydrogen (secondary N) is 1. The Hall–Kier alpha value is -1.02. The smallest absolute Gasteiger partial charge is 0.122 e. The zero-order valence-electron chi connectivity index (χ0n) is 14.2. The molecule has 1 atom stereocenters. The number of methoxy groups -OCH3 is 1. The number of hydrogen-bond donors (Lipinski definition) is 1. The quantitative estimate of drug-likeness (QED) is 0.557. The Bertz CT molecular complexity index is 364. The first-order chi connectivity index (χ1) is 10.3. The van der Waals surface area contributed by atoms with Crippen molar-refractivity contribution in [3.63, 3.8) is 0 Å². The maximum Gasteiger partial charge on any atom is 0.122 e. The second-order valence-corrected chi connectivity index (χ2v) is 5.93. The Kier molecular flexibility index (Phi) is 9.98. The van der Waals surface area contributed by atoms with E-state index in [1.807, 2.05) is 13.1 Å². The summed E-state index contributed by atoms with van der Waals surface area (Å²) >= 11 is 0. The Morgan fingerprint density at radius 2 is 1.81 bits per heavy atom. The molecule has 0 fully saturated rings. The number of aryl methyl sites for hydroxylation is 1. The van der Waals surface area contributed by atoms with Gasteiger partial charge in [-0.1, -0.05) is 57.2 Å². The molecule has 0 aliphatic heterocycles. The van der Waals surface area contributed by atoms with Crippen LogP contribution in [0.3, 0.4) is 0 Å². The topological polar surface area (TPSA) is 21.3 Å². The molecule has 0 aliphatic rings. The van der Waals surface area contributed by atoms with Crippen LogP contribution in [0.4, 0.5) is 0 Å². The van der Waals surface area contributed by atoms with Gasteiger partial charge in [0.25, 0.3) is 0 Å². The lowest BCUT2D eigenvalue weighted by atomic mass is 9.91. The average molecular weight is 291 g/mol. The molecular formula is C19H33NO. The van der Waals surface area contributed by atoms with E-state index in [0.29, 0.717) is 0 Å². The van der Waals surface area contributed by atoms with Gasteiger partial charge in [-0.25, -0.2) is 0 Å². The van der Waals surface area contributed by atoms with Gasteiger partial charge in [-0.05, 0) is 50.4 Å². The van der Waals surface area contributed by atoms with E-state index >= 15 is 0 Å². The van der Waals surface area contributed by atoms with E-state index in [1.54, 1.807) is 7.11 Å². The minimum absolute atomic E-state index is 0.860. The molecule has 0 aliphatic carbocycles. The predicted molar refractivity (Wildman–Crippen MR) is 92.1 cm³/mol. The molecule has 1 rings (SSSR count).